The Kier molecular flexibility index (Phi) is 6.24. The highest BCUT2D eigenvalue weighted by molar-refractivity contribution is 7.89. The smallest absolute Gasteiger partial charge is 0.248 e. The number of nitrogens with one attached hydrogen (secondary N) is 1. The average Bonchev–Trinajstić information content (AvgIpc) is 2.71. The lowest BCUT2D eigenvalue weighted by Crippen LogP contribution is -2.33. The highest BCUT2D eigenvalue weighted by atomic mass is 32.2. The van der Waals surface area contributed by atoms with E-state index in [-0.39, 0.29) is 16.8 Å². The summed E-state index contributed by atoms with van der Waals surface area (Å²) in [7, 11) is -2.01. The Morgan fingerprint density at radius 3 is 2.38 bits per heavy atom. The number of hydrogen-bond acceptors (Lipinski definition) is 5. The van der Waals surface area contributed by atoms with Gasteiger partial charge >= 0.3 is 0 Å². The van der Waals surface area contributed by atoms with E-state index < -0.39 is 10.0 Å². The van der Waals surface area contributed by atoms with Gasteiger partial charge in [0.1, 0.15) is 13.2 Å². The van der Waals surface area contributed by atoms with Crippen molar-refractivity contribution in [3.05, 3.63) is 54.1 Å². The van der Waals surface area contributed by atoms with Gasteiger partial charge < -0.3 is 14.8 Å². The van der Waals surface area contributed by atoms with Crippen LogP contribution in [0.2, 0.25) is 0 Å². The second kappa shape index (κ2) is 8.67. The average molecular weight is 416 g/mol. The second-order valence-corrected chi connectivity index (χ2v) is 8.86. The molecule has 2 aromatic carbocycles. The highest BCUT2D eigenvalue weighted by Gasteiger charge is 2.22. The van der Waals surface area contributed by atoms with Gasteiger partial charge in [0.05, 0.1) is 4.90 Å². The predicted molar refractivity (Wildman–Crippen MR) is 112 cm³/mol. The van der Waals surface area contributed by atoms with Gasteiger partial charge in [-0.15, -0.1) is 0 Å². The number of carbonyl (C=O) groups excluding carboxylic acids is 1. The zero-order valence-corrected chi connectivity index (χ0v) is 17.4. The summed E-state index contributed by atoms with van der Waals surface area (Å²) in [6.07, 6.45) is 3.08. The number of rotatable bonds is 6. The molecule has 0 atom stereocenters. The monoisotopic (exact) mass is 416 g/mol. The summed E-state index contributed by atoms with van der Waals surface area (Å²) >= 11 is 0. The normalized spacial score (nSPS) is 13.8. The van der Waals surface area contributed by atoms with Crippen molar-refractivity contribution in [2.24, 2.45) is 0 Å². The first kappa shape index (κ1) is 20.9. The quantitative estimate of drug-likeness (QED) is 0.732. The second-order valence-electron chi connectivity index (χ2n) is 6.87. The largest absolute Gasteiger partial charge is 0.486 e. The lowest BCUT2D eigenvalue weighted by molar-refractivity contribution is -0.111. The van der Waals surface area contributed by atoms with Crippen LogP contribution >= 0.6 is 0 Å². The van der Waals surface area contributed by atoms with E-state index in [0.29, 0.717) is 30.4 Å². The van der Waals surface area contributed by atoms with E-state index in [9.17, 15) is 13.2 Å². The van der Waals surface area contributed by atoms with Gasteiger partial charge in [0.25, 0.3) is 0 Å². The van der Waals surface area contributed by atoms with E-state index in [1.54, 1.807) is 45.2 Å². The van der Waals surface area contributed by atoms with E-state index in [4.69, 9.17) is 9.47 Å². The first-order chi connectivity index (χ1) is 13.8. The standard InChI is InChI=1S/C21H24N2O5S/c1-15(2)23(3)29(25,26)18-8-6-17(7-9-18)22-21(24)11-5-16-4-10-19-20(14-16)28-13-12-27-19/h4-11,14-15H,12-13H2,1-3H3,(H,22,24)/b11-5+. The minimum Gasteiger partial charge on any atom is -0.486 e. The number of fused-ring (bicyclic) bond motifs is 1. The first-order valence-electron chi connectivity index (χ1n) is 9.24. The fourth-order valence-corrected chi connectivity index (χ4v) is 4.04. The Morgan fingerprint density at radius 1 is 1.07 bits per heavy atom. The minimum absolute atomic E-state index is 0.148. The Hall–Kier alpha value is -2.84. The summed E-state index contributed by atoms with van der Waals surface area (Å²) in [5, 5.41) is 2.72. The molecule has 0 fully saturated rings. The predicted octanol–water partition coefficient (Wildman–Crippen LogP) is 3.14. The Morgan fingerprint density at radius 2 is 1.72 bits per heavy atom. The van der Waals surface area contributed by atoms with Crippen LogP contribution in [0.4, 0.5) is 5.69 Å². The third-order valence-electron chi connectivity index (χ3n) is 4.52. The topological polar surface area (TPSA) is 84.9 Å². The first-order valence-corrected chi connectivity index (χ1v) is 10.7. The van der Waals surface area contributed by atoms with Crippen LogP contribution < -0.4 is 14.8 Å². The number of anilines is 1. The molecule has 0 saturated heterocycles. The third kappa shape index (κ3) is 4.96. The number of ether oxygens (including phenoxy) is 2. The molecule has 7 nitrogen and oxygen atoms in total. The number of nitrogens with zero attached hydrogens (tertiary/aromatic N) is 1. The molecule has 0 saturated carbocycles. The van der Waals surface area contributed by atoms with Crippen LogP contribution in [0, 0.1) is 0 Å². The maximum atomic E-state index is 12.5. The summed E-state index contributed by atoms with van der Waals surface area (Å²) in [4.78, 5) is 12.4. The summed E-state index contributed by atoms with van der Waals surface area (Å²) in [6, 6.07) is 11.4. The molecule has 0 radical (unpaired) electrons. The van der Waals surface area contributed by atoms with Crippen molar-refractivity contribution < 1.29 is 22.7 Å². The summed E-state index contributed by atoms with van der Waals surface area (Å²) in [6.45, 7) is 4.64. The van der Waals surface area contributed by atoms with Gasteiger partial charge in [-0.2, -0.15) is 4.31 Å². The van der Waals surface area contributed by atoms with Gasteiger partial charge in [0.2, 0.25) is 15.9 Å². The molecular weight excluding hydrogens is 392 g/mol. The lowest BCUT2D eigenvalue weighted by atomic mass is 10.2. The van der Waals surface area contributed by atoms with E-state index in [0.717, 1.165) is 5.56 Å². The summed E-state index contributed by atoms with van der Waals surface area (Å²) in [5.74, 6) is 1.02. The van der Waals surface area contributed by atoms with E-state index in [1.807, 2.05) is 12.1 Å². The molecule has 154 valence electrons. The number of carbonyl (C=O) groups is 1. The Bertz CT molecular complexity index is 1010. The third-order valence-corrected chi connectivity index (χ3v) is 6.57. The molecule has 0 spiro atoms. The summed E-state index contributed by atoms with van der Waals surface area (Å²) in [5.41, 5.74) is 1.32. The van der Waals surface area contributed by atoms with E-state index >= 15 is 0 Å². The van der Waals surface area contributed by atoms with Gasteiger partial charge in [-0.25, -0.2) is 8.42 Å². The fourth-order valence-electron chi connectivity index (χ4n) is 2.67. The molecule has 0 aliphatic carbocycles. The zero-order chi connectivity index (χ0) is 21.0. The SMILES string of the molecule is CC(C)N(C)S(=O)(=O)c1ccc(NC(=O)/C=C/c2ccc3c(c2)OCCO3)cc1. The van der Waals surface area contributed by atoms with Crippen LogP contribution in [0.5, 0.6) is 11.5 Å². The molecular formula is C21H24N2O5S. The van der Waals surface area contributed by atoms with Crippen molar-refractivity contribution in [3.63, 3.8) is 0 Å². The number of amides is 1. The molecule has 0 bridgehead atoms. The van der Waals surface area contributed by atoms with Gasteiger partial charge in [0.15, 0.2) is 11.5 Å². The van der Waals surface area contributed by atoms with Crippen LogP contribution in [0.3, 0.4) is 0 Å². The van der Waals surface area contributed by atoms with Crippen molar-refractivity contribution in [2.75, 3.05) is 25.6 Å². The van der Waals surface area contributed by atoms with Crippen molar-refractivity contribution >= 4 is 27.7 Å². The van der Waals surface area contributed by atoms with Crippen LogP contribution in [-0.4, -0.2) is 44.9 Å². The molecule has 3 rings (SSSR count). The maximum absolute atomic E-state index is 12.5. The van der Waals surface area contributed by atoms with Gasteiger partial charge in [-0.1, -0.05) is 6.07 Å². The number of benzene rings is 2. The van der Waals surface area contributed by atoms with Gasteiger partial charge in [-0.3, -0.25) is 4.79 Å². The number of hydrogen-bond donors (Lipinski definition) is 1. The van der Waals surface area contributed by atoms with Crippen molar-refractivity contribution in [3.8, 4) is 11.5 Å². The molecule has 0 unspecified atom stereocenters. The highest BCUT2D eigenvalue weighted by Crippen LogP contribution is 2.31. The minimum atomic E-state index is -3.55. The lowest BCUT2D eigenvalue weighted by Gasteiger charge is -2.21. The van der Waals surface area contributed by atoms with Crippen molar-refractivity contribution in [1.29, 1.82) is 0 Å². The molecule has 1 N–H and O–H groups in total. The Labute approximate surface area is 171 Å². The van der Waals surface area contributed by atoms with Crippen molar-refractivity contribution in [2.45, 2.75) is 24.8 Å². The van der Waals surface area contributed by atoms with Gasteiger partial charge in [-0.05, 0) is 61.9 Å². The van der Waals surface area contributed by atoms with Gasteiger partial charge in [0, 0.05) is 24.9 Å². The number of sulfonamides is 1. The molecule has 1 heterocycles. The maximum Gasteiger partial charge on any atom is 0.248 e. The Balaban J connectivity index is 1.64. The molecule has 29 heavy (non-hydrogen) atoms. The van der Waals surface area contributed by atoms with Crippen LogP contribution in [0.15, 0.2) is 53.4 Å². The van der Waals surface area contributed by atoms with E-state index in [2.05, 4.69) is 5.32 Å². The molecule has 1 amide bonds. The van der Waals surface area contributed by atoms with Crippen LogP contribution in [-0.2, 0) is 14.8 Å². The van der Waals surface area contributed by atoms with Crippen LogP contribution in [0.25, 0.3) is 6.08 Å². The molecule has 1 aliphatic heterocycles. The molecule has 1 aliphatic rings. The van der Waals surface area contributed by atoms with Crippen LogP contribution in [0.1, 0.15) is 19.4 Å². The molecule has 8 heteroatoms. The zero-order valence-electron chi connectivity index (χ0n) is 16.6. The van der Waals surface area contributed by atoms with E-state index in [1.165, 1.54) is 22.5 Å². The summed E-state index contributed by atoms with van der Waals surface area (Å²) < 4.78 is 37.3. The fraction of sp³-hybridized carbons (Fsp3) is 0.286. The molecule has 2 aromatic rings. The molecule has 0 aromatic heterocycles. The van der Waals surface area contributed by atoms with Crippen molar-refractivity contribution in [1.82, 2.24) is 4.31 Å².